The molecule has 5 heteroatoms. The maximum Gasteiger partial charge on any atom is 0.170 e. The molecule has 1 saturated heterocycles. The molecule has 162 valence electrons. The molecule has 0 radical (unpaired) electrons. The fraction of sp³-hybridized carbons (Fsp3) is 0.385. The van der Waals surface area contributed by atoms with Gasteiger partial charge in [-0.1, -0.05) is 31.5 Å². The fourth-order valence-electron chi connectivity index (χ4n) is 4.75. The van der Waals surface area contributed by atoms with E-state index in [0.29, 0.717) is 0 Å². The minimum Gasteiger partial charge on any atom is -0.352 e. The van der Waals surface area contributed by atoms with Crippen LogP contribution in [0, 0.1) is 27.7 Å². The number of aromatic nitrogens is 2. The predicted octanol–water partition coefficient (Wildman–Crippen LogP) is 5.88. The van der Waals surface area contributed by atoms with E-state index in [9.17, 15) is 0 Å². The maximum absolute atomic E-state index is 5.80. The monoisotopic (exact) mass is 432 g/mol. The minimum absolute atomic E-state index is 0.0399. The zero-order valence-electron chi connectivity index (χ0n) is 19.1. The van der Waals surface area contributed by atoms with Crippen LogP contribution in [0.15, 0.2) is 48.7 Å². The summed E-state index contributed by atoms with van der Waals surface area (Å²) in [6.07, 6.45) is 4.12. The quantitative estimate of drug-likeness (QED) is 0.493. The van der Waals surface area contributed by atoms with Gasteiger partial charge in [-0.25, -0.2) is 0 Å². The van der Waals surface area contributed by atoms with Crippen molar-refractivity contribution in [2.75, 3.05) is 6.54 Å². The largest absolute Gasteiger partial charge is 0.352 e. The molecular weight excluding hydrogens is 400 g/mol. The van der Waals surface area contributed by atoms with Gasteiger partial charge in [-0.2, -0.15) is 0 Å². The summed E-state index contributed by atoms with van der Waals surface area (Å²) >= 11 is 5.80. The summed E-state index contributed by atoms with van der Waals surface area (Å²) in [5.41, 5.74) is 8.75. The smallest absolute Gasteiger partial charge is 0.170 e. The Hall–Kier alpha value is -2.66. The molecule has 3 aromatic rings. The van der Waals surface area contributed by atoms with E-state index in [-0.39, 0.29) is 12.1 Å². The Morgan fingerprint density at radius 2 is 1.87 bits per heavy atom. The molecule has 1 aliphatic heterocycles. The second kappa shape index (κ2) is 8.83. The first-order valence-corrected chi connectivity index (χ1v) is 11.6. The molecule has 1 aliphatic rings. The van der Waals surface area contributed by atoms with Crippen LogP contribution in [0.2, 0.25) is 0 Å². The summed E-state index contributed by atoms with van der Waals surface area (Å²) in [5, 5.41) is 4.40. The number of nitrogens with zero attached hydrogens (tertiary/aromatic N) is 3. The third-order valence-electron chi connectivity index (χ3n) is 6.56. The molecule has 0 saturated carbocycles. The van der Waals surface area contributed by atoms with Crippen LogP contribution >= 0.6 is 12.2 Å². The van der Waals surface area contributed by atoms with E-state index in [1.807, 2.05) is 12.3 Å². The first-order valence-electron chi connectivity index (χ1n) is 11.2. The van der Waals surface area contributed by atoms with Crippen molar-refractivity contribution in [3.63, 3.8) is 0 Å². The average Bonchev–Trinajstić information content (AvgIpc) is 3.24. The molecule has 0 bridgehead atoms. The van der Waals surface area contributed by atoms with Crippen LogP contribution in [0.25, 0.3) is 5.69 Å². The van der Waals surface area contributed by atoms with Crippen LogP contribution in [0.3, 0.4) is 0 Å². The van der Waals surface area contributed by atoms with Gasteiger partial charge < -0.3 is 14.8 Å². The highest BCUT2D eigenvalue weighted by molar-refractivity contribution is 7.80. The van der Waals surface area contributed by atoms with Gasteiger partial charge >= 0.3 is 0 Å². The van der Waals surface area contributed by atoms with Gasteiger partial charge in [0.25, 0.3) is 0 Å². The van der Waals surface area contributed by atoms with Crippen LogP contribution in [0.4, 0.5) is 0 Å². The van der Waals surface area contributed by atoms with E-state index >= 15 is 0 Å². The van der Waals surface area contributed by atoms with Crippen LogP contribution < -0.4 is 5.32 Å². The van der Waals surface area contributed by atoms with Crippen molar-refractivity contribution >= 4 is 17.3 Å². The second-order valence-electron chi connectivity index (χ2n) is 8.55. The molecule has 2 unspecified atom stereocenters. The van der Waals surface area contributed by atoms with Gasteiger partial charge in [-0.3, -0.25) is 4.98 Å². The summed E-state index contributed by atoms with van der Waals surface area (Å²) in [6.45, 7) is 12.0. The van der Waals surface area contributed by atoms with Gasteiger partial charge in [0.1, 0.15) is 0 Å². The van der Waals surface area contributed by atoms with Gasteiger partial charge in [0.05, 0.1) is 17.8 Å². The van der Waals surface area contributed by atoms with Gasteiger partial charge in [0.2, 0.25) is 0 Å². The van der Waals surface area contributed by atoms with Crippen molar-refractivity contribution in [1.29, 1.82) is 0 Å². The molecule has 4 nitrogen and oxygen atoms in total. The van der Waals surface area contributed by atoms with Crippen molar-refractivity contribution < 1.29 is 0 Å². The highest BCUT2D eigenvalue weighted by atomic mass is 32.1. The lowest BCUT2D eigenvalue weighted by molar-refractivity contribution is 0.312. The minimum atomic E-state index is 0.0399. The third kappa shape index (κ3) is 3.87. The molecule has 2 atom stereocenters. The molecule has 2 aromatic heterocycles. The van der Waals surface area contributed by atoms with Crippen LogP contribution in [-0.2, 0) is 0 Å². The summed E-state index contributed by atoms with van der Waals surface area (Å²) in [7, 11) is 0. The van der Waals surface area contributed by atoms with Crippen molar-refractivity contribution in [1.82, 2.24) is 19.8 Å². The first-order chi connectivity index (χ1) is 14.9. The zero-order chi connectivity index (χ0) is 22.1. The number of hydrogen-bond donors (Lipinski definition) is 1. The number of hydrogen-bond acceptors (Lipinski definition) is 2. The maximum atomic E-state index is 5.80. The average molecular weight is 433 g/mol. The van der Waals surface area contributed by atoms with Gasteiger partial charge in [0, 0.05) is 29.8 Å². The fourth-order valence-corrected chi connectivity index (χ4v) is 5.08. The number of thiocarbonyl (C=S) groups is 1. The van der Waals surface area contributed by atoms with Crippen molar-refractivity contribution in [3.05, 3.63) is 82.4 Å². The third-order valence-corrected chi connectivity index (χ3v) is 6.91. The Balaban J connectivity index is 1.84. The number of benzene rings is 1. The Bertz CT molecular complexity index is 1090. The van der Waals surface area contributed by atoms with E-state index in [1.165, 1.54) is 33.8 Å². The lowest BCUT2D eigenvalue weighted by Crippen LogP contribution is -2.30. The van der Waals surface area contributed by atoms with Crippen LogP contribution in [0.1, 0.15) is 65.6 Å². The molecule has 1 N–H and O–H groups in total. The van der Waals surface area contributed by atoms with Gasteiger partial charge in [-0.05, 0) is 87.3 Å². The van der Waals surface area contributed by atoms with Gasteiger partial charge in [-0.15, -0.1) is 0 Å². The van der Waals surface area contributed by atoms with Crippen molar-refractivity contribution in [2.24, 2.45) is 0 Å². The van der Waals surface area contributed by atoms with E-state index in [0.717, 1.165) is 30.2 Å². The summed E-state index contributed by atoms with van der Waals surface area (Å²) in [6, 6.07) is 15.2. The lowest BCUT2D eigenvalue weighted by atomic mass is 9.96. The van der Waals surface area contributed by atoms with E-state index < -0.39 is 0 Å². The molecule has 1 aromatic carbocycles. The highest BCUT2D eigenvalue weighted by Crippen LogP contribution is 2.41. The molecule has 0 amide bonds. The van der Waals surface area contributed by atoms with Crippen molar-refractivity contribution in [2.45, 2.75) is 59.5 Å². The Morgan fingerprint density at radius 1 is 1.06 bits per heavy atom. The highest BCUT2D eigenvalue weighted by Gasteiger charge is 2.41. The summed E-state index contributed by atoms with van der Waals surface area (Å²) < 4.78 is 2.40. The normalized spacial score (nSPS) is 18.5. The Morgan fingerprint density at radius 3 is 2.58 bits per heavy atom. The van der Waals surface area contributed by atoms with E-state index in [2.05, 4.69) is 90.8 Å². The van der Waals surface area contributed by atoms with Crippen LogP contribution in [-0.4, -0.2) is 26.1 Å². The molecule has 4 rings (SSSR count). The summed E-state index contributed by atoms with van der Waals surface area (Å²) in [4.78, 5) is 7.04. The predicted molar refractivity (Wildman–Crippen MR) is 132 cm³/mol. The molecule has 31 heavy (non-hydrogen) atoms. The molecule has 0 spiro atoms. The van der Waals surface area contributed by atoms with E-state index in [4.69, 9.17) is 12.2 Å². The topological polar surface area (TPSA) is 33.1 Å². The number of nitrogens with one attached hydrogen (secondary N) is 1. The van der Waals surface area contributed by atoms with Gasteiger partial charge in [0.15, 0.2) is 5.11 Å². The number of unbranched alkanes of at least 4 members (excludes halogenated alkanes) is 1. The number of rotatable bonds is 6. The zero-order valence-corrected chi connectivity index (χ0v) is 20.0. The van der Waals surface area contributed by atoms with Crippen LogP contribution in [0.5, 0.6) is 0 Å². The summed E-state index contributed by atoms with van der Waals surface area (Å²) in [5.74, 6) is 0. The Kier molecular flexibility index (Phi) is 6.15. The number of pyridine rings is 1. The SMILES string of the molecule is CCCCN1C(=S)NC(c2ccccn2)C1c1cc(C)n(-c2cccc(C)c2C)c1C. The first kappa shape index (κ1) is 21.6. The molecule has 3 heterocycles. The van der Waals surface area contributed by atoms with Crippen molar-refractivity contribution in [3.8, 4) is 5.69 Å². The molecule has 1 fully saturated rings. The molecule has 0 aliphatic carbocycles. The standard InChI is InChI=1S/C26H32N4S/c1-6-7-15-29-25(24(28-26(29)31)22-12-8-9-14-27-22)21-16-18(3)30(20(21)5)23-13-10-11-17(2)19(23)4/h8-14,16,24-25H,6-7,15H2,1-5H3,(H,28,31). The number of aryl methyl sites for hydroxylation is 2. The molecular formula is C26H32N4S. The second-order valence-corrected chi connectivity index (χ2v) is 8.94. The lowest BCUT2D eigenvalue weighted by Gasteiger charge is -2.28. The Labute approximate surface area is 191 Å². The van der Waals surface area contributed by atoms with E-state index in [1.54, 1.807) is 0 Å².